The number of aryl methyl sites for hydroxylation is 2. The Morgan fingerprint density at radius 3 is 2.85 bits per heavy atom. The molecule has 0 aromatic carbocycles. The first-order valence-corrected chi connectivity index (χ1v) is 7.97. The lowest BCUT2D eigenvalue weighted by Gasteiger charge is -2.21. The molecule has 2 aromatic rings. The summed E-state index contributed by atoms with van der Waals surface area (Å²) in [6, 6.07) is 2.37. The topological polar surface area (TPSA) is 47.1 Å². The molecule has 0 aliphatic carbocycles. The van der Waals surface area contributed by atoms with Crippen molar-refractivity contribution in [3.63, 3.8) is 0 Å². The predicted molar refractivity (Wildman–Crippen MR) is 86.3 cm³/mol. The Balaban J connectivity index is 2.25. The van der Waals surface area contributed by atoms with E-state index in [0.29, 0.717) is 0 Å². The van der Waals surface area contributed by atoms with E-state index in [-0.39, 0.29) is 6.04 Å². The van der Waals surface area contributed by atoms with Crippen LogP contribution in [0.25, 0.3) is 0 Å². The van der Waals surface area contributed by atoms with E-state index >= 15 is 0 Å². The molecular formula is C15H24N4S. The van der Waals surface area contributed by atoms with Gasteiger partial charge in [-0.1, -0.05) is 6.92 Å². The van der Waals surface area contributed by atoms with E-state index in [9.17, 15) is 0 Å². The van der Waals surface area contributed by atoms with Gasteiger partial charge in [0.15, 0.2) is 0 Å². The van der Waals surface area contributed by atoms with Crippen LogP contribution in [0.1, 0.15) is 30.2 Å². The zero-order chi connectivity index (χ0) is 14.7. The van der Waals surface area contributed by atoms with Gasteiger partial charge in [-0.3, -0.25) is 4.68 Å². The summed E-state index contributed by atoms with van der Waals surface area (Å²) < 4.78 is 1.97. The highest BCUT2D eigenvalue weighted by molar-refractivity contribution is 7.07. The maximum atomic E-state index is 6.13. The van der Waals surface area contributed by atoms with E-state index < -0.39 is 0 Å². The van der Waals surface area contributed by atoms with Crippen LogP contribution in [0.3, 0.4) is 0 Å². The summed E-state index contributed by atoms with van der Waals surface area (Å²) in [6.07, 6.45) is 1.88. The Bertz CT molecular complexity index is 544. The zero-order valence-electron chi connectivity index (χ0n) is 12.8. The van der Waals surface area contributed by atoms with Crippen molar-refractivity contribution >= 4 is 17.2 Å². The van der Waals surface area contributed by atoms with Gasteiger partial charge in [0.25, 0.3) is 0 Å². The summed E-state index contributed by atoms with van der Waals surface area (Å²) in [6.45, 7) is 5.10. The fourth-order valence-electron chi connectivity index (χ4n) is 2.54. The first-order chi connectivity index (χ1) is 9.52. The fraction of sp³-hybridized carbons (Fsp3) is 0.533. The second-order valence-corrected chi connectivity index (χ2v) is 6.15. The Hall–Kier alpha value is -1.33. The molecule has 1 atom stereocenters. The maximum absolute atomic E-state index is 6.13. The molecule has 0 saturated carbocycles. The summed E-state index contributed by atoms with van der Waals surface area (Å²) in [4.78, 5) is 2.26. The third-order valence-corrected chi connectivity index (χ3v) is 4.40. The van der Waals surface area contributed by atoms with Crippen LogP contribution in [0.2, 0.25) is 0 Å². The van der Waals surface area contributed by atoms with Crippen molar-refractivity contribution in [3.8, 4) is 0 Å². The molecule has 2 N–H and O–H groups in total. The first-order valence-electron chi connectivity index (χ1n) is 7.03. The summed E-state index contributed by atoms with van der Waals surface area (Å²) in [5, 5.41) is 8.88. The molecule has 0 aliphatic rings. The van der Waals surface area contributed by atoms with Gasteiger partial charge in [0.1, 0.15) is 5.82 Å². The van der Waals surface area contributed by atoms with E-state index in [2.05, 4.69) is 47.7 Å². The monoisotopic (exact) mass is 292 g/mol. The van der Waals surface area contributed by atoms with Crippen LogP contribution >= 0.6 is 11.3 Å². The van der Waals surface area contributed by atoms with Crippen LogP contribution in [0.15, 0.2) is 16.8 Å². The van der Waals surface area contributed by atoms with Crippen molar-refractivity contribution in [1.82, 2.24) is 9.78 Å². The third-order valence-electron chi connectivity index (χ3n) is 3.67. The number of hydrogen-bond acceptors (Lipinski definition) is 4. The summed E-state index contributed by atoms with van der Waals surface area (Å²) in [7, 11) is 4.13. The molecule has 20 heavy (non-hydrogen) atoms. The molecular weight excluding hydrogens is 268 g/mol. The van der Waals surface area contributed by atoms with Gasteiger partial charge in [0.05, 0.1) is 5.69 Å². The van der Waals surface area contributed by atoms with E-state index in [1.807, 2.05) is 11.7 Å². The fourth-order valence-corrected chi connectivity index (χ4v) is 3.20. The van der Waals surface area contributed by atoms with Gasteiger partial charge >= 0.3 is 0 Å². The van der Waals surface area contributed by atoms with Gasteiger partial charge in [-0.2, -0.15) is 16.4 Å². The second kappa shape index (κ2) is 6.41. The Morgan fingerprint density at radius 1 is 1.50 bits per heavy atom. The molecule has 0 spiro atoms. The van der Waals surface area contributed by atoms with Gasteiger partial charge in [0.2, 0.25) is 0 Å². The number of nitrogens with zero attached hydrogens (tertiary/aromatic N) is 3. The highest BCUT2D eigenvalue weighted by Gasteiger charge is 2.18. The largest absolute Gasteiger partial charge is 0.355 e. The smallest absolute Gasteiger partial charge is 0.130 e. The molecule has 5 heteroatoms. The Labute approximate surface area is 125 Å². The second-order valence-electron chi connectivity index (χ2n) is 5.37. The minimum Gasteiger partial charge on any atom is -0.355 e. The lowest BCUT2D eigenvalue weighted by molar-refractivity contribution is 0.642. The summed E-state index contributed by atoms with van der Waals surface area (Å²) in [5.41, 5.74) is 9.83. The van der Waals surface area contributed by atoms with Crippen LogP contribution in [0.4, 0.5) is 5.82 Å². The van der Waals surface area contributed by atoms with Crippen molar-refractivity contribution in [2.24, 2.45) is 12.8 Å². The van der Waals surface area contributed by atoms with Crippen molar-refractivity contribution < 1.29 is 0 Å². The highest BCUT2D eigenvalue weighted by atomic mass is 32.1. The number of anilines is 1. The van der Waals surface area contributed by atoms with Gasteiger partial charge in [-0.25, -0.2) is 0 Å². The first kappa shape index (κ1) is 15.1. The van der Waals surface area contributed by atoms with E-state index in [0.717, 1.165) is 25.1 Å². The van der Waals surface area contributed by atoms with Crippen LogP contribution < -0.4 is 10.6 Å². The number of rotatable bonds is 6. The third kappa shape index (κ3) is 3.22. The highest BCUT2D eigenvalue weighted by Crippen LogP contribution is 2.25. The van der Waals surface area contributed by atoms with Crippen LogP contribution in [0.5, 0.6) is 0 Å². The standard InChI is InChI=1S/C15H24N4S/c1-5-13(16)8-14-11(2)17-19(4)15(14)18(3)9-12-6-7-20-10-12/h6-7,10,13H,5,8-9,16H2,1-4H3. The summed E-state index contributed by atoms with van der Waals surface area (Å²) in [5.74, 6) is 1.18. The average molecular weight is 292 g/mol. The van der Waals surface area contributed by atoms with Gasteiger partial charge in [0, 0.05) is 32.2 Å². The molecule has 2 aromatic heterocycles. The minimum absolute atomic E-state index is 0.200. The molecule has 110 valence electrons. The Kier molecular flexibility index (Phi) is 4.83. The molecule has 0 bridgehead atoms. The van der Waals surface area contributed by atoms with E-state index in [1.165, 1.54) is 16.9 Å². The Morgan fingerprint density at radius 2 is 2.25 bits per heavy atom. The molecule has 0 aliphatic heterocycles. The SMILES string of the molecule is CCC(N)Cc1c(C)nn(C)c1N(C)Cc1ccsc1. The van der Waals surface area contributed by atoms with Crippen molar-refractivity contribution in [1.29, 1.82) is 0 Å². The lowest BCUT2D eigenvalue weighted by Crippen LogP contribution is -2.25. The predicted octanol–water partition coefficient (Wildman–Crippen LogP) is 2.71. The van der Waals surface area contributed by atoms with Gasteiger partial charge in [-0.15, -0.1) is 0 Å². The van der Waals surface area contributed by atoms with E-state index in [1.54, 1.807) is 11.3 Å². The molecule has 0 amide bonds. The molecule has 2 rings (SSSR count). The average Bonchev–Trinajstić information content (AvgIpc) is 2.98. The van der Waals surface area contributed by atoms with E-state index in [4.69, 9.17) is 5.73 Å². The number of nitrogens with two attached hydrogens (primary N) is 1. The van der Waals surface area contributed by atoms with Crippen LogP contribution in [-0.2, 0) is 20.0 Å². The minimum atomic E-state index is 0.200. The van der Waals surface area contributed by atoms with Crippen LogP contribution in [0, 0.1) is 6.92 Å². The number of hydrogen-bond donors (Lipinski definition) is 1. The molecule has 0 radical (unpaired) electrons. The van der Waals surface area contributed by atoms with Crippen LogP contribution in [-0.4, -0.2) is 22.9 Å². The maximum Gasteiger partial charge on any atom is 0.130 e. The molecule has 2 heterocycles. The molecule has 4 nitrogen and oxygen atoms in total. The molecule has 0 fully saturated rings. The molecule has 0 saturated heterocycles. The van der Waals surface area contributed by atoms with Gasteiger partial charge in [-0.05, 0) is 42.2 Å². The normalized spacial score (nSPS) is 12.7. The number of thiophene rings is 1. The lowest BCUT2D eigenvalue weighted by atomic mass is 10.0. The van der Waals surface area contributed by atoms with Crippen molar-refractivity contribution in [2.75, 3.05) is 11.9 Å². The quantitative estimate of drug-likeness (QED) is 0.890. The number of aromatic nitrogens is 2. The van der Waals surface area contributed by atoms with Gasteiger partial charge < -0.3 is 10.6 Å². The zero-order valence-corrected chi connectivity index (χ0v) is 13.6. The summed E-state index contributed by atoms with van der Waals surface area (Å²) >= 11 is 1.74. The molecule has 1 unspecified atom stereocenters. The van der Waals surface area contributed by atoms with Crippen molar-refractivity contribution in [2.45, 2.75) is 39.3 Å². The van der Waals surface area contributed by atoms with Crippen molar-refractivity contribution in [3.05, 3.63) is 33.6 Å².